The van der Waals surface area contributed by atoms with Gasteiger partial charge in [0.2, 0.25) is 0 Å². The molecule has 1 aromatic heterocycles. The fourth-order valence-corrected chi connectivity index (χ4v) is 3.22. The van der Waals surface area contributed by atoms with E-state index in [9.17, 15) is 14.9 Å². The summed E-state index contributed by atoms with van der Waals surface area (Å²) in [4.78, 5) is 27.6. The number of nitro groups is 1. The van der Waals surface area contributed by atoms with Gasteiger partial charge in [0.05, 0.1) is 15.1 Å². The summed E-state index contributed by atoms with van der Waals surface area (Å²) in [6.07, 6.45) is 0. The highest BCUT2D eigenvalue weighted by molar-refractivity contribution is 7.22. The first-order valence-electron chi connectivity index (χ1n) is 6.31. The average molecular weight is 308 g/mol. The van der Waals surface area contributed by atoms with Gasteiger partial charge in [-0.25, -0.2) is 4.98 Å². The molecule has 0 amide bonds. The quantitative estimate of drug-likeness (QED) is 0.644. The minimum absolute atomic E-state index is 0.00285. The molecule has 8 nitrogen and oxygen atoms in total. The Morgan fingerprint density at radius 3 is 3.10 bits per heavy atom. The molecule has 2 N–H and O–H groups in total. The van der Waals surface area contributed by atoms with Gasteiger partial charge in [0.1, 0.15) is 6.04 Å². The fraction of sp³-hybridized carbons (Fsp3) is 0.333. The second-order valence-electron chi connectivity index (χ2n) is 4.70. The molecule has 1 aromatic carbocycles. The number of anilines is 1. The van der Waals surface area contributed by atoms with Crippen molar-refractivity contribution in [3.05, 3.63) is 28.3 Å². The first-order chi connectivity index (χ1) is 10.0. The van der Waals surface area contributed by atoms with Crippen molar-refractivity contribution in [2.75, 3.05) is 24.5 Å². The molecule has 1 aliphatic heterocycles. The van der Waals surface area contributed by atoms with Crippen molar-refractivity contribution in [3.63, 3.8) is 0 Å². The molecular weight excluding hydrogens is 296 g/mol. The molecule has 0 spiro atoms. The average Bonchev–Trinajstić information content (AvgIpc) is 2.90. The van der Waals surface area contributed by atoms with Gasteiger partial charge in [-0.3, -0.25) is 14.9 Å². The van der Waals surface area contributed by atoms with Crippen LogP contribution < -0.4 is 10.2 Å². The van der Waals surface area contributed by atoms with E-state index in [1.807, 2.05) is 4.90 Å². The third-order valence-electron chi connectivity index (χ3n) is 3.31. The van der Waals surface area contributed by atoms with Crippen molar-refractivity contribution in [2.45, 2.75) is 6.04 Å². The summed E-state index contributed by atoms with van der Waals surface area (Å²) in [7, 11) is 0. The number of aliphatic carboxylic acids is 1. The van der Waals surface area contributed by atoms with Crippen molar-refractivity contribution in [2.24, 2.45) is 0 Å². The lowest BCUT2D eigenvalue weighted by atomic mass is 10.2. The molecule has 0 radical (unpaired) electrons. The van der Waals surface area contributed by atoms with Crippen LogP contribution in [0.15, 0.2) is 18.2 Å². The van der Waals surface area contributed by atoms with E-state index in [2.05, 4.69) is 10.3 Å². The number of nitrogens with one attached hydrogen (secondary N) is 1. The summed E-state index contributed by atoms with van der Waals surface area (Å²) in [6.45, 7) is 1.55. The highest BCUT2D eigenvalue weighted by Gasteiger charge is 2.26. The molecular formula is C12H12N4O4S. The number of fused-ring (bicyclic) bond motifs is 1. The van der Waals surface area contributed by atoms with E-state index >= 15 is 0 Å². The van der Waals surface area contributed by atoms with E-state index < -0.39 is 16.9 Å². The molecule has 2 aromatic rings. The molecule has 3 rings (SSSR count). The first-order valence-corrected chi connectivity index (χ1v) is 7.12. The summed E-state index contributed by atoms with van der Waals surface area (Å²) in [5.41, 5.74) is 0.567. The van der Waals surface area contributed by atoms with Gasteiger partial charge in [-0.2, -0.15) is 0 Å². The molecule has 0 saturated carbocycles. The second kappa shape index (κ2) is 5.26. The number of hydrogen-bond acceptors (Lipinski definition) is 7. The number of hydrogen-bond donors (Lipinski definition) is 2. The Balaban J connectivity index is 1.90. The van der Waals surface area contributed by atoms with E-state index in [4.69, 9.17) is 5.11 Å². The number of aromatic nitrogens is 1. The fourth-order valence-electron chi connectivity index (χ4n) is 2.24. The molecule has 1 atom stereocenters. The number of nitro benzene ring substituents is 1. The van der Waals surface area contributed by atoms with Crippen LogP contribution in [0.4, 0.5) is 10.8 Å². The van der Waals surface area contributed by atoms with Crippen LogP contribution in [0.3, 0.4) is 0 Å². The van der Waals surface area contributed by atoms with Crippen molar-refractivity contribution >= 4 is 38.3 Å². The standard InChI is InChI=1S/C12H12N4O4S/c17-11(18)9-6-15(4-3-13-9)12-14-8-5-7(16(19)20)1-2-10(8)21-12/h1-2,5,9,13H,3-4,6H2,(H,17,18)/t9-/m1/s1. The molecule has 2 heterocycles. The number of nitrogens with zero attached hydrogens (tertiary/aromatic N) is 3. The van der Waals surface area contributed by atoms with Gasteiger partial charge in [0.15, 0.2) is 5.13 Å². The third kappa shape index (κ3) is 2.65. The van der Waals surface area contributed by atoms with Gasteiger partial charge in [0.25, 0.3) is 5.69 Å². The lowest BCUT2D eigenvalue weighted by Crippen LogP contribution is -2.54. The van der Waals surface area contributed by atoms with Crippen molar-refractivity contribution in [1.82, 2.24) is 10.3 Å². The van der Waals surface area contributed by atoms with Gasteiger partial charge >= 0.3 is 5.97 Å². The van der Waals surface area contributed by atoms with Crippen LogP contribution >= 0.6 is 11.3 Å². The number of piperazine rings is 1. The highest BCUT2D eigenvalue weighted by Crippen LogP contribution is 2.31. The monoisotopic (exact) mass is 308 g/mol. The molecule has 1 fully saturated rings. The Hall–Kier alpha value is -2.26. The maximum absolute atomic E-state index is 11.0. The van der Waals surface area contributed by atoms with Gasteiger partial charge in [0, 0.05) is 31.8 Å². The summed E-state index contributed by atoms with van der Waals surface area (Å²) in [5.74, 6) is -0.892. The normalized spacial score (nSPS) is 18.9. The largest absolute Gasteiger partial charge is 0.480 e. The number of thiazole rings is 1. The number of carboxylic acids is 1. The van der Waals surface area contributed by atoms with Crippen LogP contribution in [0.2, 0.25) is 0 Å². The maximum atomic E-state index is 11.0. The Kier molecular flexibility index (Phi) is 3.43. The van der Waals surface area contributed by atoms with E-state index in [1.54, 1.807) is 6.07 Å². The molecule has 0 unspecified atom stereocenters. The first kappa shape index (κ1) is 13.7. The minimum Gasteiger partial charge on any atom is -0.480 e. The molecule has 9 heteroatoms. The van der Waals surface area contributed by atoms with Crippen LogP contribution in [0.5, 0.6) is 0 Å². The van der Waals surface area contributed by atoms with Crippen LogP contribution in [0.25, 0.3) is 10.2 Å². The maximum Gasteiger partial charge on any atom is 0.322 e. The van der Waals surface area contributed by atoms with Gasteiger partial charge in [-0.15, -0.1) is 0 Å². The Morgan fingerprint density at radius 1 is 1.57 bits per heavy atom. The Bertz CT molecular complexity index is 716. The van der Waals surface area contributed by atoms with Crippen molar-refractivity contribution in [1.29, 1.82) is 0 Å². The molecule has 1 saturated heterocycles. The lowest BCUT2D eigenvalue weighted by Gasteiger charge is -2.31. The third-order valence-corrected chi connectivity index (χ3v) is 4.41. The van der Waals surface area contributed by atoms with Crippen LogP contribution in [0, 0.1) is 10.1 Å². The predicted molar refractivity (Wildman–Crippen MR) is 77.9 cm³/mol. The van der Waals surface area contributed by atoms with E-state index in [1.165, 1.54) is 23.5 Å². The highest BCUT2D eigenvalue weighted by atomic mass is 32.1. The zero-order valence-corrected chi connectivity index (χ0v) is 11.7. The molecule has 0 bridgehead atoms. The number of carboxylic acid groups (broad SMARTS) is 1. The van der Waals surface area contributed by atoms with Crippen LogP contribution in [-0.4, -0.2) is 46.7 Å². The summed E-state index contributed by atoms with van der Waals surface area (Å²) in [6, 6.07) is 3.93. The minimum atomic E-state index is -0.892. The zero-order chi connectivity index (χ0) is 15.0. The van der Waals surface area contributed by atoms with Gasteiger partial charge < -0.3 is 15.3 Å². The molecule has 110 valence electrons. The Morgan fingerprint density at radius 2 is 2.38 bits per heavy atom. The summed E-state index contributed by atoms with van der Waals surface area (Å²) >= 11 is 1.41. The zero-order valence-electron chi connectivity index (χ0n) is 10.9. The number of carbonyl (C=O) groups is 1. The van der Waals surface area contributed by atoms with Crippen LogP contribution in [-0.2, 0) is 4.79 Å². The van der Waals surface area contributed by atoms with Crippen molar-refractivity contribution in [3.8, 4) is 0 Å². The van der Waals surface area contributed by atoms with Crippen molar-refractivity contribution < 1.29 is 14.8 Å². The van der Waals surface area contributed by atoms with E-state index in [-0.39, 0.29) is 5.69 Å². The number of benzene rings is 1. The smallest absolute Gasteiger partial charge is 0.322 e. The lowest BCUT2D eigenvalue weighted by molar-refractivity contribution is -0.384. The molecule has 21 heavy (non-hydrogen) atoms. The summed E-state index contributed by atoms with van der Waals surface area (Å²) < 4.78 is 0.848. The van der Waals surface area contributed by atoms with Crippen LogP contribution in [0.1, 0.15) is 0 Å². The topological polar surface area (TPSA) is 109 Å². The van der Waals surface area contributed by atoms with Gasteiger partial charge in [-0.1, -0.05) is 11.3 Å². The molecule has 1 aliphatic rings. The SMILES string of the molecule is O=C(O)[C@H]1CN(c2nc3cc([N+](=O)[O-])ccc3s2)CCN1. The Labute approximate surface area is 123 Å². The number of rotatable bonds is 3. The van der Waals surface area contributed by atoms with E-state index in [0.29, 0.717) is 30.3 Å². The number of non-ortho nitro benzene ring substituents is 1. The van der Waals surface area contributed by atoms with E-state index in [0.717, 1.165) is 4.70 Å². The summed E-state index contributed by atoms with van der Waals surface area (Å²) in [5, 5.41) is 23.4. The second-order valence-corrected chi connectivity index (χ2v) is 5.71. The predicted octanol–water partition coefficient (Wildman–Crippen LogP) is 1.07. The van der Waals surface area contributed by atoms with Gasteiger partial charge in [-0.05, 0) is 6.07 Å². The molecule has 0 aliphatic carbocycles.